The van der Waals surface area contributed by atoms with Crippen molar-refractivity contribution in [3.05, 3.63) is 108 Å². The van der Waals surface area contributed by atoms with Gasteiger partial charge in [0.05, 0.1) is 17.6 Å². The van der Waals surface area contributed by atoms with Crippen LogP contribution in [0.25, 0.3) is 17.1 Å². The molecule has 1 N–H and O–H groups in total. The Morgan fingerprint density at radius 2 is 1.71 bits per heavy atom. The van der Waals surface area contributed by atoms with Crippen molar-refractivity contribution in [2.75, 3.05) is 6.54 Å². The number of aryl methyl sites for hydroxylation is 1. The molecule has 0 saturated heterocycles. The average Bonchev–Trinajstić information content (AvgIpc) is 3.15. The van der Waals surface area contributed by atoms with Gasteiger partial charge < -0.3 is 9.88 Å². The van der Waals surface area contributed by atoms with Gasteiger partial charge >= 0.3 is 0 Å². The third-order valence-corrected chi connectivity index (χ3v) is 5.12. The zero-order valence-corrected chi connectivity index (χ0v) is 17.2. The molecule has 4 rings (SSSR count). The van der Waals surface area contributed by atoms with Gasteiger partial charge in [-0.15, -0.1) is 0 Å². The molecule has 0 aliphatic carbocycles. The number of benzene rings is 3. The minimum atomic E-state index is -0.219. The van der Waals surface area contributed by atoms with Crippen LogP contribution in [0.4, 0.5) is 4.39 Å². The monoisotopic (exact) mass is 413 g/mol. The molecule has 5 heteroatoms. The summed E-state index contributed by atoms with van der Waals surface area (Å²) in [7, 11) is 0. The highest BCUT2D eigenvalue weighted by Crippen LogP contribution is 2.20. The van der Waals surface area contributed by atoms with Gasteiger partial charge in [-0.25, -0.2) is 9.37 Å². The van der Waals surface area contributed by atoms with E-state index < -0.39 is 0 Å². The molecule has 156 valence electrons. The van der Waals surface area contributed by atoms with Crippen LogP contribution in [0.5, 0.6) is 0 Å². The summed E-state index contributed by atoms with van der Waals surface area (Å²) in [5.74, 6) is 0.547. The fourth-order valence-corrected chi connectivity index (χ4v) is 3.54. The van der Waals surface area contributed by atoms with Crippen molar-refractivity contribution in [3.63, 3.8) is 0 Å². The molecule has 1 heterocycles. The van der Waals surface area contributed by atoms with E-state index in [0.29, 0.717) is 25.1 Å². The van der Waals surface area contributed by atoms with Crippen molar-refractivity contribution >= 4 is 23.0 Å². The van der Waals surface area contributed by atoms with Crippen molar-refractivity contribution in [1.29, 1.82) is 0 Å². The Kier molecular flexibility index (Phi) is 6.53. The molecule has 1 aromatic heterocycles. The Hall–Kier alpha value is -3.73. The summed E-state index contributed by atoms with van der Waals surface area (Å²) in [6.07, 6.45) is 4.77. The average molecular weight is 413 g/mol. The molecule has 4 nitrogen and oxygen atoms in total. The first kappa shape index (κ1) is 20.5. The zero-order valence-electron chi connectivity index (χ0n) is 17.2. The quantitative estimate of drug-likeness (QED) is 0.327. The number of fused-ring (bicyclic) bond motifs is 1. The van der Waals surface area contributed by atoms with E-state index in [9.17, 15) is 9.18 Å². The minimum absolute atomic E-state index is 0.122. The van der Waals surface area contributed by atoms with Crippen LogP contribution >= 0.6 is 0 Å². The summed E-state index contributed by atoms with van der Waals surface area (Å²) in [4.78, 5) is 16.8. The molecule has 0 fully saturated rings. The van der Waals surface area contributed by atoms with Gasteiger partial charge in [0.15, 0.2) is 0 Å². The first-order valence-corrected chi connectivity index (χ1v) is 10.4. The zero-order chi connectivity index (χ0) is 21.5. The van der Waals surface area contributed by atoms with Crippen LogP contribution in [0.3, 0.4) is 0 Å². The van der Waals surface area contributed by atoms with Crippen molar-refractivity contribution in [3.8, 4) is 0 Å². The normalized spacial score (nSPS) is 11.3. The lowest BCUT2D eigenvalue weighted by atomic mass is 10.2. The van der Waals surface area contributed by atoms with Gasteiger partial charge in [-0.2, -0.15) is 0 Å². The van der Waals surface area contributed by atoms with E-state index >= 15 is 0 Å². The number of nitrogens with zero attached hydrogens (tertiary/aromatic N) is 2. The fraction of sp³-hybridized carbons (Fsp3) is 0.154. The molecular weight excluding hydrogens is 389 g/mol. The Balaban J connectivity index is 1.40. The largest absolute Gasteiger partial charge is 0.353 e. The van der Waals surface area contributed by atoms with Gasteiger partial charge in [0.2, 0.25) is 5.91 Å². The number of carbonyl (C=O) groups is 1. The van der Waals surface area contributed by atoms with Gasteiger partial charge in [0, 0.05) is 24.6 Å². The first-order valence-electron chi connectivity index (χ1n) is 10.4. The number of rotatable bonds is 8. The number of carbonyl (C=O) groups excluding carboxylic acids is 1. The summed E-state index contributed by atoms with van der Waals surface area (Å²) in [5, 5.41) is 2.91. The Labute approximate surface area is 181 Å². The smallest absolute Gasteiger partial charge is 0.243 e. The standard InChI is InChI=1S/C26H24FN3O/c27-22-12-5-4-11-21(22)19-30-24-14-7-6-13-23(24)29-25(30)15-8-18-28-26(31)17-16-20-9-2-1-3-10-20/h1-7,9-14,16-17H,8,15,18-19H2,(H,28,31)/b17-16+. The van der Waals surface area contributed by atoms with Crippen LogP contribution in [0.1, 0.15) is 23.4 Å². The van der Waals surface area contributed by atoms with Gasteiger partial charge in [0.25, 0.3) is 0 Å². The minimum Gasteiger partial charge on any atom is -0.353 e. The number of nitrogens with one attached hydrogen (secondary N) is 1. The molecule has 0 spiro atoms. The first-order chi connectivity index (χ1) is 15.2. The van der Waals surface area contributed by atoms with E-state index in [4.69, 9.17) is 4.98 Å². The second-order valence-electron chi connectivity index (χ2n) is 7.33. The lowest BCUT2D eigenvalue weighted by Crippen LogP contribution is -2.22. The molecule has 0 bridgehead atoms. The molecular formula is C26H24FN3O. The maximum atomic E-state index is 14.2. The van der Waals surface area contributed by atoms with E-state index in [1.54, 1.807) is 24.3 Å². The molecule has 3 aromatic carbocycles. The highest BCUT2D eigenvalue weighted by Gasteiger charge is 2.12. The SMILES string of the molecule is O=C(/C=C/c1ccccc1)NCCCc1nc2ccccc2n1Cc1ccccc1F. The van der Waals surface area contributed by atoms with Crippen LogP contribution in [0.15, 0.2) is 84.9 Å². The maximum Gasteiger partial charge on any atom is 0.243 e. The molecule has 0 aliphatic rings. The van der Waals surface area contributed by atoms with Crippen molar-refractivity contribution in [1.82, 2.24) is 14.9 Å². The van der Waals surface area contributed by atoms with Crippen molar-refractivity contribution < 1.29 is 9.18 Å². The van der Waals surface area contributed by atoms with Crippen LogP contribution in [0, 0.1) is 5.82 Å². The number of halogens is 1. The van der Waals surface area contributed by atoms with Crippen LogP contribution in [-0.2, 0) is 17.8 Å². The van der Waals surface area contributed by atoms with E-state index in [2.05, 4.69) is 9.88 Å². The molecule has 0 saturated carbocycles. The number of hydrogen-bond acceptors (Lipinski definition) is 2. The Morgan fingerprint density at radius 3 is 2.55 bits per heavy atom. The van der Waals surface area contributed by atoms with Crippen LogP contribution < -0.4 is 5.32 Å². The lowest BCUT2D eigenvalue weighted by Gasteiger charge is -2.10. The molecule has 0 aliphatic heterocycles. The summed E-state index contributed by atoms with van der Waals surface area (Å²) in [6, 6.07) is 24.4. The Bertz CT molecular complexity index is 1200. The second-order valence-corrected chi connectivity index (χ2v) is 7.33. The summed E-state index contributed by atoms with van der Waals surface area (Å²) < 4.78 is 16.3. The predicted molar refractivity (Wildman–Crippen MR) is 122 cm³/mol. The predicted octanol–water partition coefficient (Wildman–Crippen LogP) is 4.99. The summed E-state index contributed by atoms with van der Waals surface area (Å²) >= 11 is 0. The Morgan fingerprint density at radius 1 is 0.968 bits per heavy atom. The summed E-state index contributed by atoms with van der Waals surface area (Å²) in [6.45, 7) is 0.968. The van der Waals surface area contributed by atoms with Crippen molar-refractivity contribution in [2.45, 2.75) is 19.4 Å². The van der Waals surface area contributed by atoms with E-state index in [0.717, 1.165) is 28.8 Å². The number of aromatic nitrogens is 2. The van der Waals surface area contributed by atoms with E-state index in [-0.39, 0.29) is 11.7 Å². The molecule has 1 amide bonds. The lowest BCUT2D eigenvalue weighted by molar-refractivity contribution is -0.116. The maximum absolute atomic E-state index is 14.2. The van der Waals surface area contributed by atoms with Gasteiger partial charge in [-0.3, -0.25) is 4.79 Å². The highest BCUT2D eigenvalue weighted by molar-refractivity contribution is 5.91. The number of amides is 1. The molecule has 4 aromatic rings. The fourth-order valence-electron chi connectivity index (χ4n) is 3.54. The topological polar surface area (TPSA) is 46.9 Å². The molecule has 0 radical (unpaired) electrons. The van der Waals surface area contributed by atoms with Crippen molar-refractivity contribution in [2.24, 2.45) is 0 Å². The van der Waals surface area contributed by atoms with Crippen LogP contribution in [-0.4, -0.2) is 22.0 Å². The number of imidazole rings is 1. The summed E-state index contributed by atoms with van der Waals surface area (Å²) in [5.41, 5.74) is 3.49. The van der Waals surface area contributed by atoms with Crippen LogP contribution in [0.2, 0.25) is 0 Å². The number of hydrogen-bond donors (Lipinski definition) is 1. The van der Waals surface area contributed by atoms with Gasteiger partial charge in [0.1, 0.15) is 11.6 Å². The second kappa shape index (κ2) is 9.85. The highest BCUT2D eigenvalue weighted by atomic mass is 19.1. The molecule has 31 heavy (non-hydrogen) atoms. The van der Waals surface area contributed by atoms with E-state index in [1.807, 2.05) is 60.7 Å². The molecule has 0 unspecified atom stereocenters. The van der Waals surface area contributed by atoms with E-state index in [1.165, 1.54) is 6.07 Å². The van der Waals surface area contributed by atoms with Gasteiger partial charge in [-0.05, 0) is 36.3 Å². The third kappa shape index (κ3) is 5.25. The van der Waals surface area contributed by atoms with Gasteiger partial charge in [-0.1, -0.05) is 60.7 Å². The molecule has 0 atom stereocenters. The third-order valence-electron chi connectivity index (χ3n) is 5.12. The number of para-hydroxylation sites is 2.